The van der Waals surface area contributed by atoms with E-state index in [0.717, 1.165) is 11.9 Å². The molecule has 20 heavy (non-hydrogen) atoms. The summed E-state index contributed by atoms with van der Waals surface area (Å²) in [5, 5.41) is 19.6. The maximum absolute atomic E-state index is 12.6. The lowest BCUT2D eigenvalue weighted by atomic mass is 10.2. The third-order valence-corrected chi connectivity index (χ3v) is 2.67. The molecule has 0 aliphatic rings. The van der Waals surface area contributed by atoms with Gasteiger partial charge >= 0.3 is 17.8 Å². The third kappa shape index (κ3) is 3.13. The average molecular weight is 293 g/mol. The lowest BCUT2D eigenvalue weighted by Gasteiger charge is -2.23. The van der Waals surface area contributed by atoms with Crippen molar-refractivity contribution < 1.29 is 28.0 Å². The monoisotopic (exact) mass is 293 g/mol. The van der Waals surface area contributed by atoms with Gasteiger partial charge in [0.15, 0.2) is 0 Å². The van der Waals surface area contributed by atoms with Gasteiger partial charge in [0.1, 0.15) is 23.6 Å². The Morgan fingerprint density at radius 1 is 1.55 bits per heavy atom. The van der Waals surface area contributed by atoms with E-state index in [0.29, 0.717) is 12.3 Å². The van der Waals surface area contributed by atoms with Crippen LogP contribution < -0.4 is 4.90 Å². The highest BCUT2D eigenvalue weighted by Crippen LogP contribution is 2.34. The molecular formula is C10H10F3N3O4. The van der Waals surface area contributed by atoms with Gasteiger partial charge in [0, 0.05) is 7.05 Å². The molecule has 10 heteroatoms. The summed E-state index contributed by atoms with van der Waals surface area (Å²) in [5.74, 6) is -1.33. The van der Waals surface area contributed by atoms with Gasteiger partial charge in [-0.05, 0) is 13.0 Å². The van der Waals surface area contributed by atoms with Crippen molar-refractivity contribution in [1.29, 1.82) is 0 Å². The maximum atomic E-state index is 12.6. The molecule has 1 atom stereocenters. The minimum absolute atomic E-state index is 0.456. The number of aromatic nitrogens is 1. The van der Waals surface area contributed by atoms with Gasteiger partial charge in [0.2, 0.25) is 0 Å². The summed E-state index contributed by atoms with van der Waals surface area (Å²) >= 11 is 0. The van der Waals surface area contributed by atoms with Gasteiger partial charge in [-0.25, -0.2) is 9.78 Å². The summed E-state index contributed by atoms with van der Waals surface area (Å²) < 4.78 is 37.7. The number of carboxylic acid groups (broad SMARTS) is 1. The third-order valence-electron chi connectivity index (χ3n) is 2.67. The van der Waals surface area contributed by atoms with Crippen molar-refractivity contribution in [2.24, 2.45) is 0 Å². The van der Waals surface area contributed by atoms with E-state index in [1.54, 1.807) is 0 Å². The molecule has 0 amide bonds. The molecule has 110 valence electrons. The number of hydrogen-bond donors (Lipinski definition) is 1. The number of pyridine rings is 1. The number of carboxylic acids is 1. The number of nitro groups is 1. The second-order valence-corrected chi connectivity index (χ2v) is 3.94. The number of aliphatic carboxylic acids is 1. The van der Waals surface area contributed by atoms with Crippen LogP contribution in [0, 0.1) is 10.1 Å². The summed E-state index contributed by atoms with van der Waals surface area (Å²) in [4.78, 5) is 24.5. The first-order valence-corrected chi connectivity index (χ1v) is 5.23. The molecule has 1 aromatic rings. The molecule has 1 heterocycles. The Labute approximate surface area is 110 Å². The van der Waals surface area contributed by atoms with E-state index in [9.17, 15) is 28.1 Å². The fourth-order valence-corrected chi connectivity index (χ4v) is 1.39. The minimum Gasteiger partial charge on any atom is -0.480 e. The molecule has 1 rings (SSSR count). The minimum atomic E-state index is -4.78. The molecular weight excluding hydrogens is 283 g/mol. The smallest absolute Gasteiger partial charge is 0.433 e. The van der Waals surface area contributed by atoms with Crippen LogP contribution >= 0.6 is 0 Å². The van der Waals surface area contributed by atoms with Gasteiger partial charge in [-0.2, -0.15) is 13.2 Å². The van der Waals surface area contributed by atoms with Gasteiger partial charge in [0.25, 0.3) is 0 Å². The van der Waals surface area contributed by atoms with Crippen LogP contribution in [0.3, 0.4) is 0 Å². The highest BCUT2D eigenvalue weighted by Gasteiger charge is 2.35. The highest BCUT2D eigenvalue weighted by atomic mass is 19.4. The van der Waals surface area contributed by atoms with Crippen molar-refractivity contribution in [3.63, 3.8) is 0 Å². The number of carbonyl (C=O) groups is 1. The van der Waals surface area contributed by atoms with E-state index in [1.807, 2.05) is 0 Å². The average Bonchev–Trinajstić information content (AvgIpc) is 2.34. The largest absolute Gasteiger partial charge is 0.480 e. The van der Waals surface area contributed by atoms with Crippen LogP contribution in [0.4, 0.5) is 24.5 Å². The molecule has 0 aromatic carbocycles. The Bertz CT molecular complexity index is 547. The normalized spacial score (nSPS) is 12.8. The Morgan fingerprint density at radius 2 is 2.10 bits per heavy atom. The van der Waals surface area contributed by atoms with Crippen LogP contribution in [0.25, 0.3) is 0 Å². The Hall–Kier alpha value is -2.39. The molecule has 7 nitrogen and oxygen atoms in total. The lowest BCUT2D eigenvalue weighted by molar-refractivity contribution is -0.384. The van der Waals surface area contributed by atoms with Gasteiger partial charge in [-0.3, -0.25) is 10.1 Å². The zero-order chi connectivity index (χ0) is 15.7. The fraction of sp³-hybridized carbons (Fsp3) is 0.400. The molecule has 0 saturated heterocycles. The molecule has 0 aliphatic heterocycles. The summed E-state index contributed by atoms with van der Waals surface area (Å²) in [5.41, 5.74) is -2.50. The Morgan fingerprint density at radius 3 is 2.50 bits per heavy atom. The van der Waals surface area contributed by atoms with Crippen LogP contribution in [0.15, 0.2) is 12.3 Å². The molecule has 0 spiro atoms. The van der Waals surface area contributed by atoms with E-state index in [2.05, 4.69) is 4.98 Å². The second-order valence-electron chi connectivity index (χ2n) is 3.94. The van der Waals surface area contributed by atoms with Crippen molar-refractivity contribution in [3.8, 4) is 0 Å². The predicted octanol–water partition coefficient (Wildman–Crippen LogP) is 1.92. The Kier molecular flexibility index (Phi) is 4.16. The van der Waals surface area contributed by atoms with E-state index in [-0.39, 0.29) is 0 Å². The van der Waals surface area contributed by atoms with Gasteiger partial charge in [-0.1, -0.05) is 0 Å². The van der Waals surface area contributed by atoms with E-state index in [4.69, 9.17) is 5.11 Å². The number of halogens is 3. The van der Waals surface area contributed by atoms with Crippen molar-refractivity contribution >= 4 is 17.3 Å². The predicted molar refractivity (Wildman–Crippen MR) is 61.4 cm³/mol. The quantitative estimate of drug-likeness (QED) is 0.673. The summed E-state index contributed by atoms with van der Waals surface area (Å²) in [6.07, 6.45) is -4.32. The lowest BCUT2D eigenvalue weighted by Crippen LogP contribution is -2.36. The van der Waals surface area contributed by atoms with Crippen molar-refractivity contribution in [2.75, 3.05) is 11.9 Å². The van der Waals surface area contributed by atoms with Gasteiger partial charge < -0.3 is 10.0 Å². The summed E-state index contributed by atoms with van der Waals surface area (Å²) in [6, 6.07) is -0.783. The molecule has 0 bridgehead atoms. The molecule has 0 radical (unpaired) electrons. The Balaban J connectivity index is 3.40. The number of rotatable bonds is 4. The first-order chi connectivity index (χ1) is 9.05. The second kappa shape index (κ2) is 5.31. The number of hydrogen-bond acceptors (Lipinski definition) is 5. The standard InChI is InChI=1S/C10H10F3N3O4/c1-5(9(17)18)15(2)6-3-8(10(11,12)13)14-4-7(6)16(19)20/h3-5H,1-2H3,(H,17,18). The topological polar surface area (TPSA) is 96.6 Å². The first kappa shape index (κ1) is 15.7. The SMILES string of the molecule is CC(C(=O)O)N(C)c1cc(C(F)(F)F)ncc1[N+](=O)[O-]. The van der Waals surface area contributed by atoms with Crippen molar-refractivity contribution in [3.05, 3.63) is 28.1 Å². The molecule has 0 saturated carbocycles. The zero-order valence-corrected chi connectivity index (χ0v) is 10.4. The molecule has 1 N–H and O–H groups in total. The molecule has 1 unspecified atom stereocenters. The van der Waals surface area contributed by atoms with Crippen molar-refractivity contribution in [1.82, 2.24) is 4.98 Å². The zero-order valence-electron chi connectivity index (χ0n) is 10.4. The van der Waals surface area contributed by atoms with E-state index in [1.165, 1.54) is 6.92 Å². The summed E-state index contributed by atoms with van der Waals surface area (Å²) in [7, 11) is 1.15. The number of nitrogens with zero attached hydrogens (tertiary/aromatic N) is 3. The van der Waals surface area contributed by atoms with Crippen LogP contribution in [0.5, 0.6) is 0 Å². The molecule has 0 fully saturated rings. The van der Waals surface area contributed by atoms with Crippen LogP contribution in [-0.4, -0.2) is 34.1 Å². The van der Waals surface area contributed by atoms with Crippen LogP contribution in [-0.2, 0) is 11.0 Å². The van der Waals surface area contributed by atoms with Gasteiger partial charge in [-0.15, -0.1) is 0 Å². The highest BCUT2D eigenvalue weighted by molar-refractivity contribution is 5.79. The van der Waals surface area contributed by atoms with Gasteiger partial charge in [0.05, 0.1) is 4.92 Å². The maximum Gasteiger partial charge on any atom is 0.433 e. The number of anilines is 1. The first-order valence-electron chi connectivity index (χ1n) is 5.23. The molecule has 0 aliphatic carbocycles. The fourth-order valence-electron chi connectivity index (χ4n) is 1.39. The van der Waals surface area contributed by atoms with E-state index < -0.39 is 40.2 Å². The van der Waals surface area contributed by atoms with Crippen molar-refractivity contribution in [2.45, 2.75) is 19.1 Å². The number of likely N-dealkylation sites (N-methyl/N-ethyl adjacent to an activating group) is 1. The number of alkyl halides is 3. The van der Waals surface area contributed by atoms with E-state index >= 15 is 0 Å². The molecule has 1 aromatic heterocycles. The van der Waals surface area contributed by atoms with Crippen LogP contribution in [0.2, 0.25) is 0 Å². The van der Waals surface area contributed by atoms with Crippen LogP contribution in [0.1, 0.15) is 12.6 Å². The summed E-state index contributed by atoms with van der Waals surface area (Å²) in [6.45, 7) is 1.19.